The summed E-state index contributed by atoms with van der Waals surface area (Å²) >= 11 is 0. The Labute approximate surface area is 180 Å². The summed E-state index contributed by atoms with van der Waals surface area (Å²) in [5.41, 5.74) is 3.56. The third-order valence-corrected chi connectivity index (χ3v) is 5.91. The van der Waals surface area contributed by atoms with Gasteiger partial charge in [0.1, 0.15) is 5.58 Å². The first-order valence-electron chi connectivity index (χ1n) is 10.6. The van der Waals surface area contributed by atoms with Gasteiger partial charge in [0.15, 0.2) is 6.10 Å². The number of hydrogen-bond acceptors (Lipinski definition) is 4. The van der Waals surface area contributed by atoms with Crippen LogP contribution in [0.25, 0.3) is 21.7 Å². The fourth-order valence-electron chi connectivity index (χ4n) is 4.43. The summed E-state index contributed by atoms with van der Waals surface area (Å²) in [6.45, 7) is 2.27. The number of hydrogen-bond donors (Lipinski definition) is 0. The van der Waals surface area contributed by atoms with Crippen LogP contribution >= 0.6 is 0 Å². The maximum atomic E-state index is 13.0. The molecule has 1 atom stereocenters. The minimum Gasteiger partial charge on any atom is -0.464 e. The van der Waals surface area contributed by atoms with Crippen molar-refractivity contribution in [2.24, 2.45) is 0 Å². The van der Waals surface area contributed by atoms with E-state index in [9.17, 15) is 9.59 Å². The number of anilines is 1. The van der Waals surface area contributed by atoms with Gasteiger partial charge in [-0.3, -0.25) is 9.59 Å². The minimum atomic E-state index is -0.853. The van der Waals surface area contributed by atoms with E-state index in [0.717, 1.165) is 51.4 Å². The Morgan fingerprint density at radius 3 is 2.77 bits per heavy atom. The molecule has 2 heterocycles. The summed E-state index contributed by atoms with van der Waals surface area (Å²) < 4.78 is 11.2. The molecule has 0 fully saturated rings. The van der Waals surface area contributed by atoms with Gasteiger partial charge in [-0.1, -0.05) is 48.5 Å². The molecule has 0 bridgehead atoms. The Morgan fingerprint density at radius 1 is 1.06 bits per heavy atom. The highest BCUT2D eigenvalue weighted by atomic mass is 16.5. The molecule has 0 saturated heterocycles. The van der Waals surface area contributed by atoms with Crippen molar-refractivity contribution in [3.8, 4) is 0 Å². The minimum absolute atomic E-state index is 0.0508. The summed E-state index contributed by atoms with van der Waals surface area (Å²) in [6.07, 6.45) is 2.65. The number of benzene rings is 3. The van der Waals surface area contributed by atoms with Crippen LogP contribution in [0, 0.1) is 0 Å². The maximum Gasteiger partial charge on any atom is 0.311 e. The molecule has 5 heteroatoms. The fraction of sp³-hybridized carbons (Fsp3) is 0.231. The smallest absolute Gasteiger partial charge is 0.311 e. The molecule has 0 saturated carbocycles. The quantitative estimate of drug-likeness (QED) is 0.440. The van der Waals surface area contributed by atoms with Gasteiger partial charge in [-0.25, -0.2) is 0 Å². The van der Waals surface area contributed by atoms with Crippen molar-refractivity contribution in [3.63, 3.8) is 0 Å². The Kier molecular flexibility index (Phi) is 4.94. The van der Waals surface area contributed by atoms with Gasteiger partial charge in [0, 0.05) is 23.2 Å². The Hall–Kier alpha value is -3.60. The number of furan rings is 1. The lowest BCUT2D eigenvalue weighted by molar-refractivity contribution is -0.153. The predicted octanol–water partition coefficient (Wildman–Crippen LogP) is 5.04. The second kappa shape index (κ2) is 7.91. The van der Waals surface area contributed by atoms with Crippen LogP contribution < -0.4 is 4.90 Å². The van der Waals surface area contributed by atoms with Crippen LogP contribution in [0.3, 0.4) is 0 Å². The van der Waals surface area contributed by atoms with E-state index in [1.54, 1.807) is 18.1 Å². The first-order chi connectivity index (χ1) is 15.1. The lowest BCUT2D eigenvalue weighted by Crippen LogP contribution is -2.42. The molecule has 1 aliphatic heterocycles. The van der Waals surface area contributed by atoms with Gasteiger partial charge < -0.3 is 14.1 Å². The first-order valence-corrected chi connectivity index (χ1v) is 10.6. The first kappa shape index (κ1) is 19.4. The van der Waals surface area contributed by atoms with Crippen LogP contribution in [0.15, 0.2) is 71.3 Å². The average Bonchev–Trinajstić information content (AvgIpc) is 3.21. The molecule has 0 unspecified atom stereocenters. The lowest BCUT2D eigenvalue weighted by atomic mass is 10.0. The predicted molar refractivity (Wildman–Crippen MR) is 120 cm³/mol. The van der Waals surface area contributed by atoms with Crippen LogP contribution in [0.2, 0.25) is 0 Å². The molecule has 3 aromatic carbocycles. The number of nitrogens with zero attached hydrogens (tertiary/aromatic N) is 1. The van der Waals surface area contributed by atoms with Gasteiger partial charge in [0.25, 0.3) is 5.91 Å². The van der Waals surface area contributed by atoms with Crippen molar-refractivity contribution in [2.45, 2.75) is 32.3 Å². The summed E-state index contributed by atoms with van der Waals surface area (Å²) in [5, 5.41) is 3.03. The van der Waals surface area contributed by atoms with Gasteiger partial charge in [-0.05, 0) is 48.2 Å². The van der Waals surface area contributed by atoms with Crippen LogP contribution in [-0.4, -0.2) is 24.5 Å². The number of para-hydroxylation sites is 1. The van der Waals surface area contributed by atoms with Crippen molar-refractivity contribution in [1.29, 1.82) is 0 Å². The highest BCUT2D eigenvalue weighted by molar-refractivity contribution is 6.08. The molecule has 5 rings (SSSR count). The van der Waals surface area contributed by atoms with Gasteiger partial charge in [-0.2, -0.15) is 0 Å². The largest absolute Gasteiger partial charge is 0.464 e. The highest BCUT2D eigenvalue weighted by Crippen LogP contribution is 2.31. The van der Waals surface area contributed by atoms with Crippen molar-refractivity contribution < 1.29 is 18.7 Å². The molecule has 0 radical (unpaired) electrons. The SMILES string of the molecule is C[C@@H](OC(=O)Cc1coc2ccc3ccccc3c12)C(=O)N1CCCc2ccccc21. The van der Waals surface area contributed by atoms with Gasteiger partial charge in [0.2, 0.25) is 0 Å². The number of esters is 1. The molecule has 0 spiro atoms. The molecule has 1 aromatic heterocycles. The van der Waals surface area contributed by atoms with Crippen molar-refractivity contribution >= 4 is 39.3 Å². The number of ether oxygens (including phenoxy) is 1. The number of aryl methyl sites for hydroxylation is 1. The molecular formula is C26H23NO4. The van der Waals surface area contributed by atoms with Crippen molar-refractivity contribution in [3.05, 3.63) is 78.1 Å². The number of carbonyl (C=O) groups excluding carboxylic acids is 2. The fourth-order valence-corrected chi connectivity index (χ4v) is 4.43. The van der Waals surface area contributed by atoms with E-state index in [1.165, 1.54) is 0 Å². The highest BCUT2D eigenvalue weighted by Gasteiger charge is 2.28. The molecule has 0 aliphatic carbocycles. The second-order valence-corrected chi connectivity index (χ2v) is 7.95. The van der Waals surface area contributed by atoms with Gasteiger partial charge >= 0.3 is 5.97 Å². The Bertz CT molecular complexity index is 1290. The van der Waals surface area contributed by atoms with Gasteiger partial charge in [0.05, 0.1) is 12.7 Å². The summed E-state index contributed by atoms with van der Waals surface area (Å²) in [4.78, 5) is 27.4. The summed E-state index contributed by atoms with van der Waals surface area (Å²) in [7, 11) is 0. The van der Waals surface area contributed by atoms with Crippen molar-refractivity contribution in [2.75, 3.05) is 11.4 Å². The molecule has 4 aromatic rings. The molecule has 1 aliphatic rings. The van der Waals surface area contributed by atoms with E-state index < -0.39 is 12.1 Å². The zero-order chi connectivity index (χ0) is 21.4. The van der Waals surface area contributed by atoms with Crippen LogP contribution in [-0.2, 0) is 27.2 Å². The molecule has 1 amide bonds. The molecule has 156 valence electrons. The van der Waals surface area contributed by atoms with Crippen LogP contribution in [0.1, 0.15) is 24.5 Å². The standard InChI is InChI=1S/C26H23NO4/c1-17(26(29)27-14-6-9-19-8-3-5-11-22(19)27)31-24(28)15-20-16-30-23-13-12-18-7-2-4-10-21(18)25(20)23/h2-5,7-8,10-13,16-17H,6,9,14-15H2,1H3/t17-/m1/s1. The van der Waals surface area contributed by atoms with Crippen LogP contribution in [0.4, 0.5) is 5.69 Å². The number of rotatable bonds is 4. The molecule has 0 N–H and O–H groups in total. The van der Waals surface area contributed by atoms with E-state index in [-0.39, 0.29) is 12.3 Å². The number of carbonyl (C=O) groups is 2. The zero-order valence-electron chi connectivity index (χ0n) is 17.3. The molecular weight excluding hydrogens is 390 g/mol. The van der Waals surface area contributed by atoms with Crippen molar-refractivity contribution in [1.82, 2.24) is 0 Å². The molecule has 5 nitrogen and oxygen atoms in total. The van der Waals surface area contributed by atoms with E-state index in [4.69, 9.17) is 9.15 Å². The lowest BCUT2D eigenvalue weighted by Gasteiger charge is -2.31. The van der Waals surface area contributed by atoms with E-state index in [0.29, 0.717) is 6.54 Å². The number of fused-ring (bicyclic) bond motifs is 4. The molecule has 31 heavy (non-hydrogen) atoms. The Balaban J connectivity index is 1.33. The average molecular weight is 413 g/mol. The van der Waals surface area contributed by atoms with Gasteiger partial charge in [-0.15, -0.1) is 0 Å². The monoisotopic (exact) mass is 413 g/mol. The topological polar surface area (TPSA) is 59.8 Å². The maximum absolute atomic E-state index is 13.0. The van der Waals surface area contributed by atoms with Crippen LogP contribution in [0.5, 0.6) is 0 Å². The second-order valence-electron chi connectivity index (χ2n) is 7.95. The van der Waals surface area contributed by atoms with E-state index in [2.05, 4.69) is 0 Å². The third kappa shape index (κ3) is 3.56. The summed E-state index contributed by atoms with van der Waals surface area (Å²) in [6, 6.07) is 19.8. The van der Waals surface area contributed by atoms with E-state index >= 15 is 0 Å². The zero-order valence-corrected chi connectivity index (χ0v) is 17.3. The third-order valence-electron chi connectivity index (χ3n) is 5.91. The van der Waals surface area contributed by atoms with E-state index in [1.807, 2.05) is 60.7 Å². The Morgan fingerprint density at radius 2 is 1.87 bits per heavy atom. The normalized spacial score (nSPS) is 14.4. The summed E-state index contributed by atoms with van der Waals surface area (Å²) in [5.74, 6) is -0.634. The number of amides is 1.